The van der Waals surface area contributed by atoms with Gasteiger partial charge >= 0.3 is 0 Å². The van der Waals surface area contributed by atoms with Gasteiger partial charge in [0.25, 0.3) is 5.76 Å². The highest BCUT2D eigenvalue weighted by atomic mass is 17.7. The smallest absolute Gasteiger partial charge is 0.257 e. The van der Waals surface area contributed by atoms with Gasteiger partial charge in [-0.3, -0.25) is 4.89 Å². The maximum absolute atomic E-state index is 9.66. The normalized spacial score (nSPS) is 19.2. The van der Waals surface area contributed by atoms with E-state index in [2.05, 4.69) is 19.9 Å². The molecule has 1 aliphatic rings. The Morgan fingerprint density at radius 2 is 2.38 bits per heavy atom. The first-order chi connectivity index (χ1) is 3.93. The third-order valence-corrected chi connectivity index (χ3v) is 0.514. The molecule has 44 valence electrons. The van der Waals surface area contributed by atoms with Crippen LogP contribution >= 0.6 is 0 Å². The maximum atomic E-state index is 9.66. The monoisotopic (exact) mass is 118 g/mol. The lowest BCUT2D eigenvalue weighted by Crippen LogP contribution is -2.11. The van der Waals surface area contributed by atoms with Gasteiger partial charge in [0.1, 0.15) is 0 Å². The number of rotatable bonds is 0. The molecule has 0 atom stereocenters. The Bertz CT molecular complexity index is 116. The molecule has 0 aliphatic carbocycles. The molecular weight excluding hydrogens is 116 g/mol. The summed E-state index contributed by atoms with van der Waals surface area (Å²) in [6, 6.07) is 0. The van der Waals surface area contributed by atoms with Crippen LogP contribution in [-0.2, 0) is 24.6 Å². The first-order valence-electron chi connectivity index (χ1n) is 1.80. The predicted octanol–water partition coefficient (Wildman–Crippen LogP) is -0.473. The van der Waals surface area contributed by atoms with Crippen molar-refractivity contribution in [2.75, 3.05) is 6.61 Å². The Labute approximate surface area is 44.2 Å². The summed E-state index contributed by atoms with van der Waals surface area (Å²) >= 11 is 0. The third-order valence-electron chi connectivity index (χ3n) is 0.514. The zero-order valence-electron chi connectivity index (χ0n) is 3.75. The summed E-state index contributed by atoms with van der Waals surface area (Å²) in [4.78, 5) is 17.9. The topological polar surface area (TPSA) is 54.0 Å². The van der Waals surface area contributed by atoms with Crippen LogP contribution in [0.4, 0.5) is 0 Å². The molecule has 0 radical (unpaired) electrons. The highest BCUT2D eigenvalue weighted by Gasteiger charge is 2.09. The van der Waals surface area contributed by atoms with Crippen LogP contribution in [0.5, 0.6) is 0 Å². The summed E-state index contributed by atoms with van der Waals surface area (Å²) < 4.78 is 0. The van der Waals surface area contributed by atoms with E-state index < -0.39 is 0 Å². The van der Waals surface area contributed by atoms with E-state index in [-0.39, 0.29) is 12.4 Å². The average Bonchev–Trinajstić information content (AvgIpc) is 1.90. The molecule has 0 aromatic rings. The van der Waals surface area contributed by atoms with E-state index in [0.29, 0.717) is 0 Å². The molecule has 1 aliphatic heterocycles. The van der Waals surface area contributed by atoms with Gasteiger partial charge in [0, 0.05) is 5.04 Å². The van der Waals surface area contributed by atoms with Crippen LogP contribution in [0.25, 0.3) is 0 Å². The van der Waals surface area contributed by atoms with E-state index in [1.54, 1.807) is 0 Å². The maximum Gasteiger partial charge on any atom is 0.257 e. The second-order valence-corrected chi connectivity index (χ2v) is 1.01. The van der Waals surface area contributed by atoms with Crippen LogP contribution in [0.2, 0.25) is 0 Å². The fraction of sp³-hybridized carbons (Fsp3) is 0.333. The number of hydrogen-bond donors (Lipinski definition) is 0. The fourth-order valence-corrected chi connectivity index (χ4v) is 0.223. The van der Waals surface area contributed by atoms with Crippen molar-refractivity contribution in [2.24, 2.45) is 0 Å². The second-order valence-electron chi connectivity index (χ2n) is 1.01. The fourth-order valence-electron chi connectivity index (χ4n) is 0.223. The van der Waals surface area contributed by atoms with E-state index in [0.717, 1.165) is 0 Å². The van der Waals surface area contributed by atoms with Gasteiger partial charge in [-0.25, -0.2) is 4.79 Å². The van der Waals surface area contributed by atoms with Crippen LogP contribution in [0.3, 0.4) is 0 Å². The van der Waals surface area contributed by atoms with Gasteiger partial charge in [-0.05, 0) is 5.04 Å². The second kappa shape index (κ2) is 2.44. The molecular formula is C3H2O5. The number of carbonyl (C=O) groups excluding carboxylic acids is 1. The molecule has 0 saturated carbocycles. The molecule has 0 amide bonds. The van der Waals surface area contributed by atoms with Crippen LogP contribution in [0.1, 0.15) is 0 Å². The summed E-state index contributed by atoms with van der Waals surface area (Å²) in [7, 11) is 0. The summed E-state index contributed by atoms with van der Waals surface area (Å²) in [5, 5.41) is 7.53. The molecule has 1 heterocycles. The summed E-state index contributed by atoms with van der Waals surface area (Å²) in [6.07, 6.45) is 0. The lowest BCUT2D eigenvalue weighted by Gasteiger charge is -2.06. The van der Waals surface area contributed by atoms with Crippen molar-refractivity contribution < 1.29 is 24.6 Å². The quantitative estimate of drug-likeness (QED) is 0.318. The van der Waals surface area contributed by atoms with Crippen molar-refractivity contribution >= 4 is 5.94 Å². The summed E-state index contributed by atoms with van der Waals surface area (Å²) in [5.74, 6) is 1.35. The Morgan fingerprint density at radius 3 is 2.75 bits per heavy atom. The lowest BCUT2D eigenvalue weighted by atomic mass is 10.6. The molecule has 0 aromatic carbocycles. The van der Waals surface area contributed by atoms with Gasteiger partial charge in [0.15, 0.2) is 12.5 Å². The van der Waals surface area contributed by atoms with E-state index in [1.807, 2.05) is 0 Å². The largest absolute Gasteiger partial charge is 0.296 e. The van der Waals surface area contributed by atoms with Crippen molar-refractivity contribution in [3.05, 3.63) is 5.76 Å². The Hall–Kier alpha value is -0.870. The molecule has 0 unspecified atom stereocenters. The highest BCUT2D eigenvalue weighted by Crippen LogP contribution is 2.01. The van der Waals surface area contributed by atoms with Gasteiger partial charge in [-0.1, -0.05) is 0 Å². The molecule has 1 saturated heterocycles. The zero-order chi connectivity index (χ0) is 5.82. The van der Waals surface area contributed by atoms with Crippen molar-refractivity contribution in [1.29, 1.82) is 0 Å². The summed E-state index contributed by atoms with van der Waals surface area (Å²) in [5.41, 5.74) is 0. The van der Waals surface area contributed by atoms with Gasteiger partial charge < -0.3 is 0 Å². The Morgan fingerprint density at radius 1 is 1.50 bits per heavy atom. The van der Waals surface area contributed by atoms with Gasteiger partial charge in [-0.15, -0.1) is 0 Å². The molecule has 0 aromatic heterocycles. The molecule has 0 spiro atoms. The molecule has 0 bridgehead atoms. The first-order valence-corrected chi connectivity index (χ1v) is 1.80. The van der Waals surface area contributed by atoms with Crippen LogP contribution in [0.15, 0.2) is 5.76 Å². The van der Waals surface area contributed by atoms with E-state index in [9.17, 15) is 4.79 Å². The Kier molecular flexibility index (Phi) is 1.61. The highest BCUT2D eigenvalue weighted by molar-refractivity contribution is 5.49. The SMILES string of the molecule is O=C=C1COOOO1. The Balaban J connectivity index is 2.45. The van der Waals surface area contributed by atoms with Crippen molar-refractivity contribution in [2.45, 2.75) is 0 Å². The average molecular weight is 118 g/mol. The first kappa shape index (κ1) is 5.27. The van der Waals surface area contributed by atoms with Gasteiger partial charge in [0.2, 0.25) is 0 Å². The van der Waals surface area contributed by atoms with Crippen molar-refractivity contribution in [1.82, 2.24) is 0 Å². The number of hydrogen-bond acceptors (Lipinski definition) is 5. The molecule has 1 fully saturated rings. The van der Waals surface area contributed by atoms with Gasteiger partial charge in [-0.2, -0.15) is 4.89 Å². The zero-order valence-corrected chi connectivity index (χ0v) is 3.75. The third kappa shape index (κ3) is 1.05. The minimum absolute atomic E-state index is 0.0660. The minimum atomic E-state index is -0.0729. The van der Waals surface area contributed by atoms with Crippen LogP contribution in [-0.4, -0.2) is 12.5 Å². The van der Waals surface area contributed by atoms with E-state index >= 15 is 0 Å². The van der Waals surface area contributed by atoms with E-state index in [4.69, 9.17) is 0 Å². The molecule has 1 rings (SSSR count). The van der Waals surface area contributed by atoms with Crippen LogP contribution in [0, 0.1) is 0 Å². The van der Waals surface area contributed by atoms with Crippen molar-refractivity contribution in [3.63, 3.8) is 0 Å². The molecule has 0 N–H and O–H groups in total. The molecule has 8 heavy (non-hydrogen) atoms. The van der Waals surface area contributed by atoms with Crippen LogP contribution < -0.4 is 0 Å². The van der Waals surface area contributed by atoms with Crippen molar-refractivity contribution in [3.8, 4) is 0 Å². The molecule has 5 heteroatoms. The standard InChI is InChI=1S/C3H2O5/c4-1-3-2-5-7-8-6-3/h2H2. The predicted molar refractivity (Wildman–Crippen MR) is 18.4 cm³/mol. The summed E-state index contributed by atoms with van der Waals surface area (Å²) in [6.45, 7) is -0.0660. The lowest BCUT2D eigenvalue weighted by molar-refractivity contribution is -0.647. The van der Waals surface area contributed by atoms with Gasteiger partial charge in [0.05, 0.1) is 0 Å². The minimum Gasteiger partial charge on any atom is -0.296 e. The van der Waals surface area contributed by atoms with E-state index in [1.165, 1.54) is 5.94 Å². The molecule has 5 nitrogen and oxygen atoms in total.